The van der Waals surface area contributed by atoms with Gasteiger partial charge in [-0.1, -0.05) is 67.6 Å². The highest BCUT2D eigenvalue weighted by molar-refractivity contribution is 6.18. The molecule has 0 spiro atoms. The summed E-state index contributed by atoms with van der Waals surface area (Å²) in [6.45, 7) is 2.44. The van der Waals surface area contributed by atoms with E-state index in [0.717, 1.165) is 11.1 Å². The van der Waals surface area contributed by atoms with E-state index in [1.807, 2.05) is 67.6 Å². The smallest absolute Gasteiger partial charge is 0.232 e. The van der Waals surface area contributed by atoms with Crippen molar-refractivity contribution < 1.29 is 9.53 Å². The molecule has 0 saturated heterocycles. The second-order valence-electron chi connectivity index (χ2n) is 6.29. The molecule has 0 bridgehead atoms. The molecule has 3 rings (SSSR count). The van der Waals surface area contributed by atoms with Gasteiger partial charge >= 0.3 is 0 Å². The highest BCUT2D eigenvalue weighted by atomic mass is 35.5. The number of hydrogen-bond acceptors (Lipinski definition) is 3. The Labute approximate surface area is 159 Å². The summed E-state index contributed by atoms with van der Waals surface area (Å²) < 4.78 is 5.77. The molecule has 3 unspecified atom stereocenters. The third kappa shape index (κ3) is 4.25. The van der Waals surface area contributed by atoms with E-state index >= 15 is 0 Å². The van der Waals surface area contributed by atoms with Gasteiger partial charge in [0.15, 0.2) is 5.90 Å². The van der Waals surface area contributed by atoms with E-state index in [1.165, 1.54) is 0 Å². The average molecular weight is 371 g/mol. The fourth-order valence-electron chi connectivity index (χ4n) is 3.07. The van der Waals surface area contributed by atoms with Crippen LogP contribution in [0.5, 0.6) is 0 Å². The number of alkyl halides is 1. The van der Waals surface area contributed by atoms with Crippen molar-refractivity contribution in [1.29, 1.82) is 0 Å². The number of nitrogens with zero attached hydrogens (tertiary/aromatic N) is 1. The number of aliphatic imine (C=N–C) groups is 1. The van der Waals surface area contributed by atoms with Crippen molar-refractivity contribution in [3.8, 4) is 0 Å². The first kappa shape index (κ1) is 18.5. The zero-order chi connectivity index (χ0) is 18.4. The van der Waals surface area contributed by atoms with Gasteiger partial charge in [0, 0.05) is 5.88 Å². The van der Waals surface area contributed by atoms with Gasteiger partial charge in [0.05, 0.1) is 6.04 Å². The largest absolute Gasteiger partial charge is 0.478 e. The SMILES string of the molecule is CCC(C(=O)NC(CCl)c1ccccc1)C1=NC(c2ccccc2)CO1. The molecule has 0 radical (unpaired) electrons. The number of amides is 1. The molecule has 1 heterocycles. The molecule has 0 aliphatic carbocycles. The topological polar surface area (TPSA) is 50.7 Å². The first-order valence-electron chi connectivity index (χ1n) is 8.89. The predicted octanol–water partition coefficient (Wildman–Crippen LogP) is 4.28. The summed E-state index contributed by atoms with van der Waals surface area (Å²) in [5.74, 6) is 0.319. The maximum Gasteiger partial charge on any atom is 0.232 e. The Bertz CT molecular complexity index is 749. The van der Waals surface area contributed by atoms with Crippen LogP contribution in [0.2, 0.25) is 0 Å². The third-order valence-electron chi connectivity index (χ3n) is 4.55. The molecular formula is C21H23ClN2O2. The standard InChI is InChI=1S/C21H23ClN2O2/c1-2-17(20(25)23-18(13-22)15-9-5-3-6-10-15)21-24-19(14-26-21)16-11-7-4-8-12-16/h3-12,17-19H,2,13-14H2,1H3,(H,23,25). The number of halogens is 1. The predicted molar refractivity (Wildman–Crippen MR) is 104 cm³/mol. The number of benzene rings is 2. The Morgan fingerprint density at radius 2 is 1.85 bits per heavy atom. The van der Waals surface area contributed by atoms with Gasteiger partial charge in [0.25, 0.3) is 0 Å². The lowest BCUT2D eigenvalue weighted by Gasteiger charge is -2.20. The molecule has 1 amide bonds. The van der Waals surface area contributed by atoms with Crippen molar-refractivity contribution >= 4 is 23.4 Å². The number of carbonyl (C=O) groups is 1. The van der Waals surface area contributed by atoms with Gasteiger partial charge in [-0.05, 0) is 17.5 Å². The van der Waals surface area contributed by atoms with Crippen LogP contribution in [0.15, 0.2) is 65.7 Å². The monoisotopic (exact) mass is 370 g/mol. The third-order valence-corrected chi connectivity index (χ3v) is 4.86. The highest BCUT2D eigenvalue weighted by Crippen LogP contribution is 2.26. The molecule has 5 heteroatoms. The zero-order valence-electron chi connectivity index (χ0n) is 14.8. The normalized spacial score (nSPS) is 18.5. The van der Waals surface area contributed by atoms with E-state index in [9.17, 15) is 4.79 Å². The lowest BCUT2D eigenvalue weighted by Crippen LogP contribution is -2.38. The van der Waals surface area contributed by atoms with Crippen molar-refractivity contribution in [2.24, 2.45) is 10.9 Å². The number of carbonyl (C=O) groups excluding carboxylic acids is 1. The second-order valence-corrected chi connectivity index (χ2v) is 6.60. The van der Waals surface area contributed by atoms with Crippen LogP contribution < -0.4 is 5.32 Å². The minimum atomic E-state index is -0.404. The van der Waals surface area contributed by atoms with Crippen LogP contribution in [0.25, 0.3) is 0 Å². The van der Waals surface area contributed by atoms with Crippen molar-refractivity contribution in [3.05, 3.63) is 71.8 Å². The fraction of sp³-hybridized carbons (Fsp3) is 0.333. The summed E-state index contributed by atoms with van der Waals surface area (Å²) in [6.07, 6.45) is 0.621. The molecule has 0 saturated carbocycles. The summed E-state index contributed by atoms with van der Waals surface area (Å²) in [4.78, 5) is 17.5. The first-order valence-corrected chi connectivity index (χ1v) is 9.43. The van der Waals surface area contributed by atoms with E-state index in [2.05, 4.69) is 10.3 Å². The van der Waals surface area contributed by atoms with E-state index in [0.29, 0.717) is 24.8 Å². The van der Waals surface area contributed by atoms with Crippen LogP contribution in [-0.4, -0.2) is 24.3 Å². The number of nitrogens with one attached hydrogen (secondary N) is 1. The lowest BCUT2D eigenvalue weighted by atomic mass is 10.0. The van der Waals surface area contributed by atoms with Crippen LogP contribution >= 0.6 is 11.6 Å². The molecule has 3 atom stereocenters. The Morgan fingerprint density at radius 3 is 2.46 bits per heavy atom. The van der Waals surface area contributed by atoms with Crippen LogP contribution in [0.4, 0.5) is 0 Å². The van der Waals surface area contributed by atoms with Crippen molar-refractivity contribution in [2.75, 3.05) is 12.5 Å². The fourth-order valence-corrected chi connectivity index (χ4v) is 3.33. The van der Waals surface area contributed by atoms with Gasteiger partial charge < -0.3 is 10.1 Å². The van der Waals surface area contributed by atoms with Crippen LogP contribution in [0.3, 0.4) is 0 Å². The van der Waals surface area contributed by atoms with Gasteiger partial charge in [-0.25, -0.2) is 4.99 Å². The van der Waals surface area contributed by atoms with Gasteiger partial charge in [-0.3, -0.25) is 4.79 Å². The second kappa shape index (κ2) is 8.86. The van der Waals surface area contributed by atoms with Gasteiger partial charge in [-0.2, -0.15) is 0 Å². The quantitative estimate of drug-likeness (QED) is 0.739. The Balaban J connectivity index is 1.71. The lowest BCUT2D eigenvalue weighted by molar-refractivity contribution is -0.124. The maximum absolute atomic E-state index is 12.8. The number of hydrogen-bond donors (Lipinski definition) is 1. The van der Waals surface area contributed by atoms with E-state index < -0.39 is 5.92 Å². The minimum Gasteiger partial charge on any atom is -0.478 e. The molecule has 4 nitrogen and oxygen atoms in total. The highest BCUT2D eigenvalue weighted by Gasteiger charge is 2.31. The molecule has 2 aromatic rings. The van der Waals surface area contributed by atoms with Crippen molar-refractivity contribution in [1.82, 2.24) is 5.32 Å². The molecule has 136 valence electrons. The summed E-state index contributed by atoms with van der Waals surface area (Å²) in [7, 11) is 0. The molecule has 0 fully saturated rings. The number of rotatable bonds is 7. The van der Waals surface area contributed by atoms with E-state index in [1.54, 1.807) is 0 Å². The Morgan fingerprint density at radius 1 is 1.19 bits per heavy atom. The molecule has 2 aromatic carbocycles. The van der Waals surface area contributed by atoms with Crippen LogP contribution in [0, 0.1) is 5.92 Å². The summed E-state index contributed by atoms with van der Waals surface area (Å²) in [6, 6.07) is 19.5. The van der Waals surface area contributed by atoms with Crippen molar-refractivity contribution in [2.45, 2.75) is 25.4 Å². The van der Waals surface area contributed by atoms with E-state index in [-0.39, 0.29) is 18.0 Å². The van der Waals surface area contributed by atoms with Crippen LogP contribution in [0.1, 0.15) is 36.6 Å². The molecule has 1 aliphatic heterocycles. The molecule has 26 heavy (non-hydrogen) atoms. The van der Waals surface area contributed by atoms with E-state index in [4.69, 9.17) is 16.3 Å². The maximum atomic E-state index is 12.8. The number of ether oxygens (including phenoxy) is 1. The molecule has 1 N–H and O–H groups in total. The summed E-state index contributed by atoms with van der Waals surface area (Å²) in [5, 5.41) is 3.03. The van der Waals surface area contributed by atoms with Gasteiger partial charge in [0.2, 0.25) is 5.91 Å². The summed E-state index contributed by atoms with van der Waals surface area (Å²) in [5.41, 5.74) is 2.09. The van der Waals surface area contributed by atoms with Gasteiger partial charge in [-0.15, -0.1) is 11.6 Å². The average Bonchev–Trinajstić information content (AvgIpc) is 3.18. The van der Waals surface area contributed by atoms with Gasteiger partial charge in [0.1, 0.15) is 18.6 Å². The first-order chi connectivity index (χ1) is 12.7. The molecule has 1 aliphatic rings. The van der Waals surface area contributed by atoms with Crippen molar-refractivity contribution in [3.63, 3.8) is 0 Å². The minimum absolute atomic E-state index is 0.0500. The Kier molecular flexibility index (Phi) is 6.29. The molecular weight excluding hydrogens is 348 g/mol. The molecule has 0 aromatic heterocycles. The Hall–Kier alpha value is -2.33. The zero-order valence-corrected chi connectivity index (χ0v) is 15.5. The van der Waals surface area contributed by atoms with Crippen LogP contribution in [-0.2, 0) is 9.53 Å². The summed E-state index contributed by atoms with van der Waals surface area (Å²) >= 11 is 6.08.